The molecule has 114 heavy (non-hydrogen) atoms. The molecule has 0 unspecified atom stereocenters. The van der Waals surface area contributed by atoms with Gasteiger partial charge in [0, 0.05) is 56.4 Å². The molecular weight excluding hydrogens is 1580 g/mol. The number of amides is 7. The maximum absolute atomic E-state index is 13.2. The molecular formula is C74H81Cl3F8N14O15. The summed E-state index contributed by atoms with van der Waals surface area (Å²) in [6.07, 6.45) is -4.44. The van der Waals surface area contributed by atoms with Crippen molar-refractivity contribution < 1.29 is 107 Å². The van der Waals surface area contributed by atoms with Crippen LogP contribution in [0.3, 0.4) is 0 Å². The molecule has 7 rings (SSSR count). The van der Waals surface area contributed by atoms with E-state index in [2.05, 4.69) is 37.2 Å². The second kappa shape index (κ2) is 53.3. The minimum atomic E-state index is -4.44. The van der Waals surface area contributed by atoms with E-state index in [-0.39, 0.29) is 99.5 Å². The highest BCUT2D eigenvalue weighted by Gasteiger charge is 2.30. The SMILES string of the molecule is COc1cccc(CNC(=O)C(=O)CN)c1.Cc1ccc(CNC(=O)C(=O)CN)cc1.Cc1ccc(CNC(=O)C(=O)CN)cc1F.NCC(=O)C(=O)NCc1cc(F)c(F)c(F)c1.NCC(=O)C(=O)NCc1ccc(Cl)cc1F.NCC(=O)C(=O)NCc1cccc(C(F)(F)F)c1.NCC(=O)C(=O)NCc1cccc(Cl)c1Cl. The number of ether oxygens (including phenoxy) is 1. The summed E-state index contributed by atoms with van der Waals surface area (Å²) < 4.78 is 107. The maximum atomic E-state index is 13.2. The highest BCUT2D eigenvalue weighted by atomic mass is 35.5. The summed E-state index contributed by atoms with van der Waals surface area (Å²) >= 11 is 17.2. The molecule has 0 spiro atoms. The average Bonchev–Trinajstić information content (AvgIpc) is 1.12. The molecule has 40 heteroatoms. The van der Waals surface area contributed by atoms with Crippen molar-refractivity contribution in [1.29, 1.82) is 0 Å². The molecule has 7 aromatic carbocycles. The van der Waals surface area contributed by atoms with Crippen molar-refractivity contribution in [3.8, 4) is 5.75 Å². The lowest BCUT2D eigenvalue weighted by Crippen LogP contribution is -2.34. The first kappa shape index (κ1) is 100. The number of benzene rings is 7. The number of rotatable bonds is 29. The molecule has 0 heterocycles. The van der Waals surface area contributed by atoms with Crippen LogP contribution in [-0.4, -0.2) is 135 Å². The molecule has 0 atom stereocenters. The topological polar surface area (TPSA) is 515 Å². The fourth-order valence-corrected chi connectivity index (χ4v) is 8.30. The Morgan fingerprint density at radius 2 is 0.693 bits per heavy atom. The van der Waals surface area contributed by atoms with E-state index >= 15 is 0 Å². The number of alkyl halides is 3. The van der Waals surface area contributed by atoms with E-state index in [0.29, 0.717) is 39.0 Å². The van der Waals surface area contributed by atoms with Gasteiger partial charge in [-0.15, -0.1) is 0 Å². The van der Waals surface area contributed by atoms with Gasteiger partial charge in [-0.2, -0.15) is 13.2 Å². The smallest absolute Gasteiger partial charge is 0.416 e. The number of carbonyl (C=O) groups is 14. The first-order valence-corrected chi connectivity index (χ1v) is 34.1. The van der Waals surface area contributed by atoms with Crippen molar-refractivity contribution in [2.24, 2.45) is 40.1 Å². The molecule has 7 amide bonds. The summed E-state index contributed by atoms with van der Waals surface area (Å²) in [6, 6.07) is 34.6. The summed E-state index contributed by atoms with van der Waals surface area (Å²) in [5, 5.41) is 17.3. The Hall–Kier alpha value is -11.7. The van der Waals surface area contributed by atoms with Gasteiger partial charge in [-0.05, 0) is 113 Å². The number of methoxy groups -OCH3 is 1. The molecule has 0 radical (unpaired) electrons. The molecule has 614 valence electrons. The number of hydrogen-bond acceptors (Lipinski definition) is 22. The monoisotopic (exact) mass is 1660 g/mol. The number of nitrogens with two attached hydrogens (primary N) is 7. The van der Waals surface area contributed by atoms with E-state index in [1.165, 1.54) is 30.3 Å². The molecule has 0 aromatic heterocycles. The van der Waals surface area contributed by atoms with Crippen LogP contribution in [-0.2, 0) is 119 Å². The van der Waals surface area contributed by atoms with Gasteiger partial charge in [-0.25, -0.2) is 22.0 Å². The van der Waals surface area contributed by atoms with Crippen molar-refractivity contribution in [2.75, 3.05) is 52.9 Å². The highest BCUT2D eigenvalue weighted by molar-refractivity contribution is 6.43. The van der Waals surface area contributed by atoms with Crippen molar-refractivity contribution in [2.45, 2.75) is 65.8 Å². The van der Waals surface area contributed by atoms with E-state index < -0.39 is 130 Å². The number of ketones is 7. The normalized spacial score (nSPS) is 10.1. The van der Waals surface area contributed by atoms with Crippen LogP contribution in [0.2, 0.25) is 15.1 Å². The fraction of sp³-hybridized carbons (Fsp3) is 0.243. The van der Waals surface area contributed by atoms with Crippen LogP contribution in [0.5, 0.6) is 5.75 Å². The van der Waals surface area contributed by atoms with Gasteiger partial charge in [0.15, 0.2) is 17.5 Å². The summed E-state index contributed by atoms with van der Waals surface area (Å²) in [6.45, 7) is 1.57. The Bertz CT molecular complexity index is 4490. The predicted molar refractivity (Wildman–Crippen MR) is 402 cm³/mol. The summed E-state index contributed by atoms with van der Waals surface area (Å²) in [7, 11) is 1.57. The summed E-state index contributed by atoms with van der Waals surface area (Å²) in [5.41, 5.74) is 39.5. The molecule has 0 fully saturated rings. The fourth-order valence-electron chi connectivity index (χ4n) is 7.75. The van der Waals surface area contributed by atoms with Crippen LogP contribution in [0.25, 0.3) is 0 Å². The van der Waals surface area contributed by atoms with Gasteiger partial charge < -0.3 is 82.1 Å². The van der Waals surface area contributed by atoms with Gasteiger partial charge in [-0.1, -0.05) is 119 Å². The van der Waals surface area contributed by atoms with Gasteiger partial charge in [0.1, 0.15) is 17.4 Å². The molecule has 21 N–H and O–H groups in total. The minimum absolute atomic E-state index is 0.000397. The molecule has 0 saturated heterocycles. The van der Waals surface area contributed by atoms with E-state index in [4.69, 9.17) is 79.7 Å². The highest BCUT2D eigenvalue weighted by Crippen LogP contribution is 2.30. The number of halogens is 11. The van der Waals surface area contributed by atoms with Crippen molar-refractivity contribution >= 4 is 117 Å². The van der Waals surface area contributed by atoms with E-state index in [9.17, 15) is 102 Å². The third-order valence-electron chi connectivity index (χ3n) is 14.1. The number of hydrogen-bond donors (Lipinski definition) is 14. The van der Waals surface area contributed by atoms with Crippen LogP contribution in [0, 0.1) is 42.9 Å². The van der Waals surface area contributed by atoms with Gasteiger partial charge in [0.2, 0.25) is 40.5 Å². The second-order valence-corrected chi connectivity index (χ2v) is 23.8. The zero-order chi connectivity index (χ0) is 86.4. The number of carbonyl (C=O) groups excluding carboxylic acids is 14. The maximum Gasteiger partial charge on any atom is 0.416 e. The number of aryl methyl sites for hydroxylation is 2. The zero-order valence-electron chi connectivity index (χ0n) is 61.0. The number of nitrogens with one attached hydrogen (secondary N) is 7. The largest absolute Gasteiger partial charge is 0.497 e. The van der Waals surface area contributed by atoms with Crippen LogP contribution < -0.4 is 82.1 Å². The molecule has 7 aromatic rings. The molecule has 29 nitrogen and oxygen atoms in total. The lowest BCUT2D eigenvalue weighted by Gasteiger charge is -2.09. The van der Waals surface area contributed by atoms with Gasteiger partial charge in [-0.3, -0.25) is 67.1 Å². The Labute approximate surface area is 661 Å². The third-order valence-corrected chi connectivity index (χ3v) is 15.1. The Balaban J connectivity index is 0.000000665. The number of Topliss-reactive ketones (excluding diaryl/α,β-unsaturated/α-hetero) is 7. The van der Waals surface area contributed by atoms with Crippen molar-refractivity contribution in [3.63, 3.8) is 0 Å². The Morgan fingerprint density at radius 1 is 0.351 bits per heavy atom. The Morgan fingerprint density at radius 3 is 1.08 bits per heavy atom. The summed E-state index contributed by atoms with van der Waals surface area (Å²) in [5.74, 6) is -14.9. The molecule has 0 aliphatic rings. The van der Waals surface area contributed by atoms with E-state index in [0.717, 1.165) is 47.0 Å². The summed E-state index contributed by atoms with van der Waals surface area (Å²) in [4.78, 5) is 153. The lowest BCUT2D eigenvalue weighted by atomic mass is 10.1. The van der Waals surface area contributed by atoms with Gasteiger partial charge >= 0.3 is 6.18 Å². The van der Waals surface area contributed by atoms with Gasteiger partial charge in [0.05, 0.1) is 68.5 Å². The Kier molecular flexibility index (Phi) is 46.9. The predicted octanol–water partition coefficient (Wildman–Crippen LogP) is 3.11. The average molecular weight is 1660 g/mol. The lowest BCUT2D eigenvalue weighted by molar-refractivity contribution is -0.137. The first-order valence-electron chi connectivity index (χ1n) is 32.9. The van der Waals surface area contributed by atoms with Crippen LogP contribution in [0.15, 0.2) is 140 Å². The van der Waals surface area contributed by atoms with Crippen LogP contribution >= 0.6 is 34.8 Å². The standard InChI is InChI=1S/C11H11F3N2O2.C11H13FN2O2.C11H14N2O3.C11H14N2O2.C10H10Cl2N2O2.C10H10ClFN2O2.C10H9F3N2O2/c12-11(13,14)8-3-1-2-7(4-8)6-16-10(18)9(17)5-15;1-7-2-3-8(4-9(7)12)6-14-11(16)10(15)5-13;1-16-9-4-2-3-8(5-9)7-13-11(15)10(14)6-12;1-8-2-4-9(5-3-8)7-13-11(15)10(14)6-12;11-7-3-1-2-6(9(7)12)5-14-10(16)8(15)4-13;11-7-2-1-6(8(12)3-7)5-14-10(16)9(15)4-13;11-6-1-5(2-7(12)9(6)13)4-15-10(17)8(16)3-14/h1-4H,5-6,15H2,(H,16,18);2-4H,5-6,13H2,1H3,(H,14,16);2-5H,6-7,12H2,1H3,(H,13,15);2-5H,6-7,12H2,1H3,(H,13,15);2*1-3H,4-5,13H2,(H,14,16);1-2H,3-4,14H2,(H,15,17). The minimum Gasteiger partial charge on any atom is -0.497 e. The molecule has 0 aliphatic carbocycles. The van der Waals surface area contributed by atoms with Crippen molar-refractivity contribution in [3.05, 3.63) is 239 Å². The van der Waals surface area contributed by atoms with E-state index in [1.54, 1.807) is 56.5 Å². The van der Waals surface area contributed by atoms with Gasteiger partial charge in [0.25, 0.3) is 41.4 Å². The third kappa shape index (κ3) is 39.0. The molecule has 0 bridgehead atoms. The first-order chi connectivity index (χ1) is 53.7. The van der Waals surface area contributed by atoms with Crippen molar-refractivity contribution in [1.82, 2.24) is 37.2 Å². The zero-order valence-corrected chi connectivity index (χ0v) is 63.3. The van der Waals surface area contributed by atoms with Crippen LogP contribution in [0.4, 0.5) is 35.1 Å². The second-order valence-electron chi connectivity index (χ2n) is 22.6. The quantitative estimate of drug-likeness (QED) is 0.0182. The molecule has 0 saturated carbocycles. The van der Waals surface area contributed by atoms with Crippen LogP contribution in [0.1, 0.15) is 55.6 Å². The molecule has 0 aliphatic heterocycles. The van der Waals surface area contributed by atoms with E-state index in [1.807, 2.05) is 43.3 Å².